The first kappa shape index (κ1) is 16.5. The van der Waals surface area contributed by atoms with E-state index in [1.165, 1.54) is 0 Å². The maximum absolute atomic E-state index is 5.47. The van der Waals surface area contributed by atoms with Crippen LogP contribution < -0.4 is 5.32 Å². The lowest BCUT2D eigenvalue weighted by Gasteiger charge is -2.28. The number of nitrogens with one attached hydrogen (secondary N) is 1. The largest absolute Gasteiger partial charge is 0.382 e. The van der Waals surface area contributed by atoms with Gasteiger partial charge in [0, 0.05) is 36.0 Å². The SMILES string of the molecule is COCc1c(Br)cccc1NC(C)CC(C)(C)OC. The van der Waals surface area contributed by atoms with E-state index in [2.05, 4.69) is 48.1 Å². The van der Waals surface area contributed by atoms with Crippen molar-refractivity contribution in [3.63, 3.8) is 0 Å². The van der Waals surface area contributed by atoms with Crippen LogP contribution in [-0.2, 0) is 16.1 Å². The molecule has 1 N–H and O–H groups in total. The first-order valence-electron chi connectivity index (χ1n) is 6.47. The van der Waals surface area contributed by atoms with Crippen LogP contribution in [0.1, 0.15) is 32.8 Å². The molecule has 0 amide bonds. The van der Waals surface area contributed by atoms with E-state index < -0.39 is 0 Å². The molecule has 1 atom stereocenters. The molecule has 108 valence electrons. The van der Waals surface area contributed by atoms with Crippen LogP contribution in [0.5, 0.6) is 0 Å². The minimum Gasteiger partial charge on any atom is -0.382 e. The minimum absolute atomic E-state index is 0.125. The number of ether oxygens (including phenoxy) is 2. The Kier molecular flexibility index (Phi) is 6.30. The van der Waals surface area contributed by atoms with E-state index in [0.717, 1.165) is 22.1 Å². The molecule has 0 fully saturated rings. The maximum Gasteiger partial charge on any atom is 0.0744 e. The van der Waals surface area contributed by atoms with Gasteiger partial charge in [-0.15, -0.1) is 0 Å². The van der Waals surface area contributed by atoms with E-state index in [1.54, 1.807) is 14.2 Å². The molecule has 0 saturated heterocycles. The molecule has 0 saturated carbocycles. The number of hydrogen-bond donors (Lipinski definition) is 1. The van der Waals surface area contributed by atoms with E-state index in [0.29, 0.717) is 12.6 Å². The maximum atomic E-state index is 5.47. The topological polar surface area (TPSA) is 30.5 Å². The fourth-order valence-electron chi connectivity index (χ4n) is 2.12. The summed E-state index contributed by atoms with van der Waals surface area (Å²) in [6, 6.07) is 6.46. The molecule has 0 aliphatic rings. The Morgan fingerprint density at radius 2 is 2.00 bits per heavy atom. The highest BCUT2D eigenvalue weighted by Gasteiger charge is 2.20. The molecule has 3 nitrogen and oxygen atoms in total. The highest BCUT2D eigenvalue weighted by Crippen LogP contribution is 2.27. The zero-order chi connectivity index (χ0) is 14.5. The van der Waals surface area contributed by atoms with Crippen molar-refractivity contribution in [3.05, 3.63) is 28.2 Å². The molecule has 4 heteroatoms. The summed E-state index contributed by atoms with van der Waals surface area (Å²) in [5.74, 6) is 0. The van der Waals surface area contributed by atoms with Crippen LogP contribution in [0.25, 0.3) is 0 Å². The number of methoxy groups -OCH3 is 2. The Labute approximate surface area is 124 Å². The second-order valence-electron chi connectivity index (χ2n) is 5.41. The predicted octanol–water partition coefficient (Wildman–Crippen LogP) is 4.21. The van der Waals surface area contributed by atoms with Crippen molar-refractivity contribution >= 4 is 21.6 Å². The summed E-state index contributed by atoms with van der Waals surface area (Å²) < 4.78 is 11.8. The predicted molar refractivity (Wildman–Crippen MR) is 83.6 cm³/mol. The highest BCUT2D eigenvalue weighted by atomic mass is 79.9. The average Bonchev–Trinajstić information content (AvgIpc) is 2.33. The number of rotatable bonds is 7. The van der Waals surface area contributed by atoms with Gasteiger partial charge in [0.1, 0.15) is 0 Å². The van der Waals surface area contributed by atoms with Crippen LogP contribution in [-0.4, -0.2) is 25.9 Å². The van der Waals surface area contributed by atoms with Crippen LogP contribution in [0.15, 0.2) is 22.7 Å². The molecule has 0 radical (unpaired) electrons. The van der Waals surface area contributed by atoms with Crippen molar-refractivity contribution < 1.29 is 9.47 Å². The van der Waals surface area contributed by atoms with Gasteiger partial charge in [-0.3, -0.25) is 0 Å². The lowest BCUT2D eigenvalue weighted by atomic mass is 9.99. The van der Waals surface area contributed by atoms with Gasteiger partial charge < -0.3 is 14.8 Å². The molecular formula is C15H24BrNO2. The van der Waals surface area contributed by atoms with E-state index in [9.17, 15) is 0 Å². The number of halogens is 1. The second kappa shape index (κ2) is 7.27. The fraction of sp³-hybridized carbons (Fsp3) is 0.600. The highest BCUT2D eigenvalue weighted by molar-refractivity contribution is 9.10. The summed E-state index contributed by atoms with van der Waals surface area (Å²) in [4.78, 5) is 0. The minimum atomic E-state index is -0.125. The van der Waals surface area contributed by atoms with Crippen LogP contribution in [0, 0.1) is 0 Å². The van der Waals surface area contributed by atoms with Crippen molar-refractivity contribution in [2.45, 2.75) is 45.4 Å². The summed E-state index contributed by atoms with van der Waals surface area (Å²) in [5.41, 5.74) is 2.13. The first-order chi connectivity index (χ1) is 8.89. The van der Waals surface area contributed by atoms with Gasteiger partial charge in [-0.2, -0.15) is 0 Å². The van der Waals surface area contributed by atoms with Crippen molar-refractivity contribution in [3.8, 4) is 0 Å². The van der Waals surface area contributed by atoms with Crippen LogP contribution in [0.3, 0.4) is 0 Å². The van der Waals surface area contributed by atoms with E-state index in [-0.39, 0.29) is 5.60 Å². The standard InChI is InChI=1S/C15H24BrNO2/c1-11(9-15(2,3)19-5)17-14-8-6-7-13(16)12(14)10-18-4/h6-8,11,17H,9-10H2,1-5H3. The molecule has 0 heterocycles. The molecule has 19 heavy (non-hydrogen) atoms. The molecule has 1 rings (SSSR count). The summed E-state index contributed by atoms with van der Waals surface area (Å²) in [5, 5.41) is 3.54. The van der Waals surface area contributed by atoms with E-state index in [1.807, 2.05) is 12.1 Å². The van der Waals surface area contributed by atoms with Crippen molar-refractivity contribution in [2.75, 3.05) is 19.5 Å². The molecule has 0 spiro atoms. The van der Waals surface area contributed by atoms with Crippen LogP contribution >= 0.6 is 15.9 Å². The molecular weight excluding hydrogens is 306 g/mol. The average molecular weight is 330 g/mol. The van der Waals surface area contributed by atoms with Crippen molar-refractivity contribution in [1.82, 2.24) is 0 Å². The third kappa shape index (κ3) is 5.13. The Morgan fingerprint density at radius 1 is 1.32 bits per heavy atom. The Morgan fingerprint density at radius 3 is 2.58 bits per heavy atom. The molecule has 0 aliphatic heterocycles. The van der Waals surface area contributed by atoms with Crippen LogP contribution in [0.2, 0.25) is 0 Å². The summed E-state index contributed by atoms with van der Waals surface area (Å²) in [7, 11) is 3.46. The van der Waals surface area contributed by atoms with Gasteiger partial charge in [-0.1, -0.05) is 22.0 Å². The Hall–Kier alpha value is -0.580. The van der Waals surface area contributed by atoms with Crippen molar-refractivity contribution in [2.24, 2.45) is 0 Å². The lowest BCUT2D eigenvalue weighted by molar-refractivity contribution is 0.0128. The number of benzene rings is 1. The Balaban J connectivity index is 2.79. The van der Waals surface area contributed by atoms with Gasteiger partial charge in [-0.25, -0.2) is 0 Å². The summed E-state index contributed by atoms with van der Waals surface area (Å²) in [6.07, 6.45) is 0.933. The third-order valence-electron chi connectivity index (χ3n) is 3.16. The quantitative estimate of drug-likeness (QED) is 0.812. The van der Waals surface area contributed by atoms with Gasteiger partial charge >= 0.3 is 0 Å². The lowest BCUT2D eigenvalue weighted by Crippen LogP contribution is -2.31. The van der Waals surface area contributed by atoms with Gasteiger partial charge in [0.2, 0.25) is 0 Å². The first-order valence-corrected chi connectivity index (χ1v) is 7.27. The van der Waals surface area contributed by atoms with Crippen molar-refractivity contribution in [1.29, 1.82) is 0 Å². The fourth-order valence-corrected chi connectivity index (χ4v) is 2.60. The molecule has 1 unspecified atom stereocenters. The smallest absolute Gasteiger partial charge is 0.0744 e. The summed E-state index contributed by atoms with van der Waals surface area (Å²) in [6.45, 7) is 6.95. The number of anilines is 1. The van der Waals surface area contributed by atoms with E-state index in [4.69, 9.17) is 9.47 Å². The summed E-state index contributed by atoms with van der Waals surface area (Å²) >= 11 is 3.57. The van der Waals surface area contributed by atoms with E-state index >= 15 is 0 Å². The molecule has 0 aromatic heterocycles. The molecule has 0 aliphatic carbocycles. The molecule has 1 aromatic carbocycles. The van der Waals surface area contributed by atoms with Gasteiger partial charge in [0.25, 0.3) is 0 Å². The van der Waals surface area contributed by atoms with Gasteiger partial charge in [-0.05, 0) is 39.3 Å². The normalized spacial score (nSPS) is 13.4. The second-order valence-corrected chi connectivity index (χ2v) is 6.27. The van der Waals surface area contributed by atoms with Gasteiger partial charge in [0.15, 0.2) is 0 Å². The zero-order valence-corrected chi connectivity index (χ0v) is 14.0. The number of hydrogen-bond acceptors (Lipinski definition) is 3. The van der Waals surface area contributed by atoms with Gasteiger partial charge in [0.05, 0.1) is 12.2 Å². The van der Waals surface area contributed by atoms with Crippen LogP contribution in [0.4, 0.5) is 5.69 Å². The monoisotopic (exact) mass is 329 g/mol. The third-order valence-corrected chi connectivity index (χ3v) is 3.90. The molecule has 0 bridgehead atoms. The Bertz CT molecular complexity index is 407. The molecule has 1 aromatic rings. The zero-order valence-electron chi connectivity index (χ0n) is 12.4.